The fourth-order valence-electron chi connectivity index (χ4n) is 4.66. The van der Waals surface area contributed by atoms with Crippen molar-refractivity contribution in [3.63, 3.8) is 0 Å². The molecule has 0 aliphatic carbocycles. The van der Waals surface area contributed by atoms with E-state index in [9.17, 15) is 9.18 Å². The van der Waals surface area contributed by atoms with Gasteiger partial charge in [0.1, 0.15) is 11.6 Å². The largest absolute Gasteiger partial charge is 0.476 e. The molecule has 194 valence electrons. The second kappa shape index (κ2) is 10.4. The number of carboxylic acids is 1. The van der Waals surface area contributed by atoms with Crippen molar-refractivity contribution in [3.05, 3.63) is 53.2 Å². The third-order valence-corrected chi connectivity index (χ3v) is 6.87. The Morgan fingerprint density at radius 1 is 1.08 bits per heavy atom. The Morgan fingerprint density at radius 2 is 1.86 bits per heavy atom. The monoisotopic (exact) mass is 527 g/mol. The zero-order chi connectivity index (χ0) is 26.1. The van der Waals surface area contributed by atoms with Crippen molar-refractivity contribution in [1.29, 1.82) is 0 Å². The quantitative estimate of drug-likeness (QED) is 0.530. The van der Waals surface area contributed by atoms with Gasteiger partial charge in [-0.05, 0) is 38.1 Å². The van der Waals surface area contributed by atoms with Crippen molar-refractivity contribution in [2.75, 3.05) is 54.1 Å². The van der Waals surface area contributed by atoms with Crippen LogP contribution < -0.4 is 14.7 Å². The van der Waals surface area contributed by atoms with E-state index < -0.39 is 5.97 Å². The van der Waals surface area contributed by atoms with Gasteiger partial charge in [-0.1, -0.05) is 11.6 Å². The van der Waals surface area contributed by atoms with Crippen molar-refractivity contribution >= 4 is 35.2 Å². The summed E-state index contributed by atoms with van der Waals surface area (Å²) in [6, 6.07) is 8.37. The van der Waals surface area contributed by atoms with E-state index in [1.54, 1.807) is 12.1 Å². The second-order valence-corrected chi connectivity index (χ2v) is 9.56. The van der Waals surface area contributed by atoms with Gasteiger partial charge >= 0.3 is 5.97 Å². The fourth-order valence-corrected chi connectivity index (χ4v) is 4.92. The summed E-state index contributed by atoms with van der Waals surface area (Å²) in [5, 5.41) is 9.20. The molecule has 0 unspecified atom stereocenters. The van der Waals surface area contributed by atoms with E-state index in [0.717, 1.165) is 11.4 Å². The highest BCUT2D eigenvalue weighted by Gasteiger charge is 2.30. The molecule has 2 aromatic heterocycles. The number of aromatic nitrogens is 4. The van der Waals surface area contributed by atoms with Gasteiger partial charge < -0.3 is 24.5 Å². The zero-order valence-corrected chi connectivity index (χ0v) is 21.3. The van der Waals surface area contributed by atoms with Crippen LogP contribution in [0.4, 0.5) is 22.0 Å². The number of aromatic carboxylic acids is 1. The van der Waals surface area contributed by atoms with Gasteiger partial charge in [-0.25, -0.2) is 24.1 Å². The standard InChI is InChI=1S/C25H27ClFN7O3/c1-15-13-32(23-22(26)29-20(12-28-23)24(35)36)7-8-33(15)21-11-19(17-3-5-18(27)6-4-17)30-25(31-21)34-9-10-37-14-16(34)2/h3-6,11-12,15-16H,7-10,13-14H2,1-2H3,(H,35,36)/t15-,16-/m1/s1. The predicted octanol–water partition coefficient (Wildman–Crippen LogP) is 3.36. The molecule has 0 amide bonds. The van der Waals surface area contributed by atoms with Gasteiger partial charge in [0, 0.05) is 43.9 Å². The van der Waals surface area contributed by atoms with Gasteiger partial charge in [-0.3, -0.25) is 0 Å². The van der Waals surface area contributed by atoms with Crippen LogP contribution in [0.15, 0.2) is 36.5 Å². The predicted molar refractivity (Wildman–Crippen MR) is 138 cm³/mol. The van der Waals surface area contributed by atoms with Gasteiger partial charge in [0.2, 0.25) is 5.95 Å². The highest BCUT2D eigenvalue weighted by atomic mass is 35.5. The Bertz CT molecular complexity index is 1300. The lowest BCUT2D eigenvalue weighted by molar-refractivity contribution is 0.0690. The number of carboxylic acid groups (broad SMARTS) is 1. The number of rotatable bonds is 5. The molecule has 0 spiro atoms. The third kappa shape index (κ3) is 5.28. The maximum Gasteiger partial charge on any atom is 0.356 e. The van der Waals surface area contributed by atoms with Crippen molar-refractivity contribution < 1.29 is 19.0 Å². The molecule has 3 aromatic rings. The van der Waals surface area contributed by atoms with Crippen molar-refractivity contribution in [2.24, 2.45) is 0 Å². The number of benzene rings is 1. The molecular weight excluding hydrogens is 501 g/mol. The fraction of sp³-hybridized carbons (Fsp3) is 0.400. The summed E-state index contributed by atoms with van der Waals surface area (Å²) in [4.78, 5) is 35.5. The molecule has 0 bridgehead atoms. The third-order valence-electron chi connectivity index (χ3n) is 6.62. The number of morpholine rings is 1. The average Bonchev–Trinajstić information content (AvgIpc) is 2.89. The molecular formula is C25H27ClFN7O3. The summed E-state index contributed by atoms with van der Waals surface area (Å²) in [5.41, 5.74) is 1.32. The summed E-state index contributed by atoms with van der Waals surface area (Å²) in [5.74, 6) is 0.359. The molecule has 12 heteroatoms. The highest BCUT2D eigenvalue weighted by molar-refractivity contribution is 6.31. The normalized spacial score (nSPS) is 20.3. The van der Waals surface area contributed by atoms with Gasteiger partial charge in [-0.2, -0.15) is 4.98 Å². The number of carbonyl (C=O) groups is 1. The molecule has 2 fully saturated rings. The van der Waals surface area contributed by atoms with Crippen molar-refractivity contribution in [1.82, 2.24) is 19.9 Å². The number of hydrogen-bond donors (Lipinski definition) is 1. The Kier molecular flexibility index (Phi) is 7.07. The first-order chi connectivity index (χ1) is 17.8. The molecule has 2 aliphatic heterocycles. The number of anilines is 3. The minimum atomic E-state index is -1.18. The van der Waals surface area contributed by atoms with Crippen LogP contribution in [-0.2, 0) is 4.74 Å². The van der Waals surface area contributed by atoms with Gasteiger partial charge in [-0.15, -0.1) is 0 Å². The average molecular weight is 528 g/mol. The van der Waals surface area contributed by atoms with Gasteiger partial charge in [0.25, 0.3) is 0 Å². The number of halogens is 2. The first-order valence-electron chi connectivity index (χ1n) is 12.1. The second-order valence-electron chi connectivity index (χ2n) is 9.20. The molecule has 0 radical (unpaired) electrons. The Morgan fingerprint density at radius 3 is 2.54 bits per heavy atom. The number of piperazine rings is 1. The molecule has 2 atom stereocenters. The van der Waals surface area contributed by atoms with Gasteiger partial charge in [0.15, 0.2) is 16.7 Å². The van der Waals surface area contributed by atoms with E-state index in [2.05, 4.69) is 33.6 Å². The van der Waals surface area contributed by atoms with E-state index in [0.29, 0.717) is 56.9 Å². The molecule has 2 aliphatic rings. The molecule has 5 rings (SSSR count). The zero-order valence-electron chi connectivity index (χ0n) is 20.5. The molecule has 37 heavy (non-hydrogen) atoms. The topological polar surface area (TPSA) is 108 Å². The summed E-state index contributed by atoms with van der Waals surface area (Å²) in [6.07, 6.45) is 1.22. The lowest BCUT2D eigenvalue weighted by Gasteiger charge is -2.41. The molecule has 2 saturated heterocycles. The summed E-state index contributed by atoms with van der Waals surface area (Å²) in [6.45, 7) is 7.82. The molecule has 1 aromatic carbocycles. The number of hydrogen-bond acceptors (Lipinski definition) is 9. The summed E-state index contributed by atoms with van der Waals surface area (Å²) >= 11 is 6.27. The van der Waals surface area contributed by atoms with Crippen LogP contribution in [-0.4, -0.2) is 82.5 Å². The van der Waals surface area contributed by atoms with Crippen LogP contribution in [0.3, 0.4) is 0 Å². The molecule has 0 saturated carbocycles. The minimum absolute atomic E-state index is 0.0247. The highest BCUT2D eigenvalue weighted by Crippen LogP contribution is 2.30. The lowest BCUT2D eigenvalue weighted by atomic mass is 10.1. The van der Waals surface area contributed by atoms with E-state index in [1.807, 2.05) is 11.0 Å². The minimum Gasteiger partial charge on any atom is -0.476 e. The molecule has 4 heterocycles. The van der Waals surface area contributed by atoms with Crippen LogP contribution in [0, 0.1) is 5.82 Å². The SMILES string of the molecule is C[C@@H]1CN(c2ncc(C(=O)O)nc2Cl)CCN1c1cc(-c2ccc(F)cc2)nc(N2CCOC[C@H]2C)n1. The summed E-state index contributed by atoms with van der Waals surface area (Å²) in [7, 11) is 0. The van der Waals surface area contributed by atoms with Crippen molar-refractivity contribution in [3.8, 4) is 11.3 Å². The Balaban J connectivity index is 1.44. The molecule has 10 nitrogen and oxygen atoms in total. The maximum atomic E-state index is 13.6. The Labute approximate surface area is 218 Å². The van der Waals surface area contributed by atoms with E-state index in [1.165, 1.54) is 18.3 Å². The number of ether oxygens (including phenoxy) is 1. The lowest BCUT2D eigenvalue weighted by Crippen LogP contribution is -2.53. The van der Waals surface area contributed by atoms with E-state index in [4.69, 9.17) is 31.4 Å². The van der Waals surface area contributed by atoms with Crippen LogP contribution in [0.2, 0.25) is 5.15 Å². The van der Waals surface area contributed by atoms with Gasteiger partial charge in [0.05, 0.1) is 31.1 Å². The first-order valence-corrected chi connectivity index (χ1v) is 12.4. The smallest absolute Gasteiger partial charge is 0.356 e. The van der Waals surface area contributed by atoms with E-state index >= 15 is 0 Å². The van der Waals surface area contributed by atoms with Crippen LogP contribution >= 0.6 is 11.6 Å². The van der Waals surface area contributed by atoms with Crippen molar-refractivity contribution in [2.45, 2.75) is 25.9 Å². The van der Waals surface area contributed by atoms with Crippen LogP contribution in [0.5, 0.6) is 0 Å². The number of nitrogens with zero attached hydrogens (tertiary/aromatic N) is 7. The summed E-state index contributed by atoms with van der Waals surface area (Å²) < 4.78 is 19.2. The van der Waals surface area contributed by atoms with E-state index in [-0.39, 0.29) is 28.7 Å². The van der Waals surface area contributed by atoms with Crippen LogP contribution in [0.1, 0.15) is 24.3 Å². The first kappa shape index (κ1) is 25.1. The van der Waals surface area contributed by atoms with Crippen LogP contribution in [0.25, 0.3) is 11.3 Å². The Hall–Kier alpha value is -3.57. The molecule has 1 N–H and O–H groups in total. The maximum absolute atomic E-state index is 13.6.